The maximum Gasteiger partial charge on any atom is 0.181 e. The molecule has 1 aliphatic heterocycles. The Hall–Kier alpha value is -2.39. The van der Waals surface area contributed by atoms with Crippen molar-refractivity contribution >= 4 is 5.78 Å². The Morgan fingerprint density at radius 3 is 1.75 bits per heavy atom. The number of hydroxylamine groups is 1. The summed E-state index contributed by atoms with van der Waals surface area (Å²) in [7, 11) is 0. The van der Waals surface area contributed by atoms with Crippen LogP contribution in [0.25, 0.3) is 0 Å². The largest absolute Gasteiger partial charge is 0.292 e. The van der Waals surface area contributed by atoms with Gasteiger partial charge in [0.25, 0.3) is 0 Å². The van der Waals surface area contributed by atoms with Gasteiger partial charge in [0.1, 0.15) is 11.8 Å². The zero-order chi connectivity index (χ0) is 25.3. The molecule has 1 unspecified atom stereocenters. The van der Waals surface area contributed by atoms with Crippen molar-refractivity contribution in [3.63, 3.8) is 0 Å². The van der Waals surface area contributed by atoms with Crippen LogP contribution in [0.2, 0.25) is 0 Å². The number of allylic oxidation sites excluding steroid dienone is 1. The molecule has 0 saturated carbocycles. The highest BCUT2D eigenvalue weighted by atomic mass is 16.7. The SMILES string of the molecule is CCCCCCCCCCCCCCCC(=O)C1=C(Cc2ccccc2)C(Cc2ccccc2)ON1. The van der Waals surface area contributed by atoms with Crippen molar-refractivity contribution in [2.45, 2.75) is 116 Å². The van der Waals surface area contributed by atoms with Crippen molar-refractivity contribution in [1.29, 1.82) is 0 Å². The maximum absolute atomic E-state index is 13.1. The molecule has 3 rings (SSSR count). The van der Waals surface area contributed by atoms with E-state index in [1.54, 1.807) is 0 Å². The van der Waals surface area contributed by atoms with E-state index in [2.05, 4.69) is 60.9 Å². The molecule has 0 amide bonds. The van der Waals surface area contributed by atoms with E-state index in [0.717, 1.165) is 31.3 Å². The molecule has 0 radical (unpaired) electrons. The van der Waals surface area contributed by atoms with Crippen LogP contribution < -0.4 is 5.48 Å². The fourth-order valence-electron chi connectivity index (χ4n) is 5.10. The molecule has 0 aliphatic carbocycles. The topological polar surface area (TPSA) is 38.3 Å². The monoisotopic (exact) mass is 489 g/mol. The van der Waals surface area contributed by atoms with Crippen molar-refractivity contribution < 1.29 is 9.63 Å². The van der Waals surface area contributed by atoms with Gasteiger partial charge in [0.2, 0.25) is 0 Å². The molecule has 0 spiro atoms. The Morgan fingerprint density at radius 2 is 1.19 bits per heavy atom. The highest BCUT2D eigenvalue weighted by Gasteiger charge is 2.30. The van der Waals surface area contributed by atoms with Gasteiger partial charge in [-0.15, -0.1) is 0 Å². The molecule has 0 aromatic heterocycles. The fourth-order valence-corrected chi connectivity index (χ4v) is 5.10. The lowest BCUT2D eigenvalue weighted by molar-refractivity contribution is -0.117. The number of hydrogen-bond donors (Lipinski definition) is 1. The molecule has 2 aromatic rings. The van der Waals surface area contributed by atoms with Gasteiger partial charge in [-0.25, -0.2) is 0 Å². The van der Waals surface area contributed by atoms with E-state index in [4.69, 9.17) is 4.84 Å². The summed E-state index contributed by atoms with van der Waals surface area (Å²) in [5.41, 5.74) is 7.24. The van der Waals surface area contributed by atoms with Gasteiger partial charge < -0.3 is 0 Å². The highest BCUT2D eigenvalue weighted by molar-refractivity contribution is 5.95. The molecule has 2 aromatic carbocycles. The van der Waals surface area contributed by atoms with Gasteiger partial charge in [0.05, 0.1) is 0 Å². The number of unbranched alkanes of at least 4 members (excludes halogenated alkanes) is 12. The minimum Gasteiger partial charge on any atom is -0.292 e. The molecule has 1 atom stereocenters. The molecule has 0 fully saturated rings. The van der Waals surface area contributed by atoms with Crippen LogP contribution in [0.5, 0.6) is 0 Å². The smallest absolute Gasteiger partial charge is 0.181 e. The average Bonchev–Trinajstić information content (AvgIpc) is 3.29. The predicted molar refractivity (Wildman–Crippen MR) is 151 cm³/mol. The Morgan fingerprint density at radius 1 is 0.694 bits per heavy atom. The van der Waals surface area contributed by atoms with Gasteiger partial charge in [-0.1, -0.05) is 145 Å². The number of ketones is 1. The van der Waals surface area contributed by atoms with E-state index in [9.17, 15) is 4.79 Å². The lowest BCUT2D eigenvalue weighted by atomic mass is 9.93. The van der Waals surface area contributed by atoms with Gasteiger partial charge in [0, 0.05) is 12.8 Å². The van der Waals surface area contributed by atoms with E-state index < -0.39 is 0 Å². The molecule has 1 aliphatic rings. The van der Waals surface area contributed by atoms with Crippen LogP contribution in [-0.2, 0) is 22.5 Å². The van der Waals surface area contributed by atoms with Gasteiger partial charge in [-0.2, -0.15) is 0 Å². The molecule has 0 saturated heterocycles. The van der Waals surface area contributed by atoms with Crippen molar-refractivity contribution in [1.82, 2.24) is 5.48 Å². The van der Waals surface area contributed by atoms with Gasteiger partial charge in [-0.3, -0.25) is 15.1 Å². The molecule has 3 nitrogen and oxygen atoms in total. The summed E-state index contributed by atoms with van der Waals surface area (Å²) in [5.74, 6) is 0.194. The molecule has 3 heteroatoms. The minimum absolute atomic E-state index is 0.113. The summed E-state index contributed by atoms with van der Waals surface area (Å²) in [5, 5.41) is 0. The lowest BCUT2D eigenvalue weighted by Gasteiger charge is -2.13. The third-order valence-corrected chi connectivity index (χ3v) is 7.30. The number of nitrogens with one attached hydrogen (secondary N) is 1. The first-order chi connectivity index (χ1) is 17.8. The van der Waals surface area contributed by atoms with Crippen LogP contribution in [0, 0.1) is 0 Å². The number of carbonyl (C=O) groups excluding carboxylic acids is 1. The Kier molecular flexibility index (Phi) is 13.4. The summed E-state index contributed by atoms with van der Waals surface area (Å²) >= 11 is 0. The fraction of sp³-hybridized carbons (Fsp3) is 0.545. The highest BCUT2D eigenvalue weighted by Crippen LogP contribution is 2.27. The van der Waals surface area contributed by atoms with E-state index >= 15 is 0 Å². The zero-order valence-electron chi connectivity index (χ0n) is 22.5. The van der Waals surface area contributed by atoms with Crippen LogP contribution in [-0.4, -0.2) is 11.9 Å². The van der Waals surface area contributed by atoms with Crippen LogP contribution in [0.15, 0.2) is 71.9 Å². The average molecular weight is 490 g/mol. The standard InChI is InChI=1S/C33H47NO2/c1-2-3-4-5-6-7-8-9-10-11-12-13-20-25-31(35)33-30(26-28-21-16-14-17-22-28)32(36-34-33)27-29-23-18-15-19-24-29/h14-19,21-24,32,34H,2-13,20,25-27H2,1H3. The number of hydrogen-bond acceptors (Lipinski definition) is 3. The molecule has 196 valence electrons. The number of carbonyl (C=O) groups is 1. The second kappa shape index (κ2) is 17.1. The second-order valence-electron chi connectivity index (χ2n) is 10.4. The minimum atomic E-state index is -0.113. The van der Waals surface area contributed by atoms with E-state index in [1.807, 2.05) is 12.1 Å². The van der Waals surface area contributed by atoms with Crippen LogP contribution >= 0.6 is 0 Å². The summed E-state index contributed by atoms with van der Waals surface area (Å²) in [6.07, 6.45) is 19.1. The van der Waals surface area contributed by atoms with Gasteiger partial charge in [-0.05, 0) is 29.5 Å². The molecule has 1 heterocycles. The molecule has 1 N–H and O–H groups in total. The van der Waals surface area contributed by atoms with Gasteiger partial charge >= 0.3 is 0 Å². The molecule has 36 heavy (non-hydrogen) atoms. The van der Waals surface area contributed by atoms with E-state index in [0.29, 0.717) is 12.1 Å². The van der Waals surface area contributed by atoms with Crippen molar-refractivity contribution in [2.24, 2.45) is 0 Å². The van der Waals surface area contributed by atoms with Crippen LogP contribution in [0.4, 0.5) is 0 Å². The molecule has 0 bridgehead atoms. The molecular weight excluding hydrogens is 442 g/mol. The van der Waals surface area contributed by atoms with Crippen LogP contribution in [0.3, 0.4) is 0 Å². The number of Topliss-reactive ketones (excluding diaryl/α,β-unsaturated/α-hetero) is 1. The van der Waals surface area contributed by atoms with Gasteiger partial charge in [0.15, 0.2) is 5.78 Å². The van der Waals surface area contributed by atoms with E-state index in [-0.39, 0.29) is 11.9 Å². The summed E-state index contributed by atoms with van der Waals surface area (Å²) in [6.45, 7) is 2.28. The first kappa shape index (κ1) is 28.2. The Balaban J connectivity index is 1.39. The van der Waals surface area contributed by atoms with Crippen molar-refractivity contribution in [3.05, 3.63) is 83.1 Å². The summed E-state index contributed by atoms with van der Waals surface area (Å²) < 4.78 is 0. The second-order valence-corrected chi connectivity index (χ2v) is 10.4. The third-order valence-electron chi connectivity index (χ3n) is 7.30. The summed E-state index contributed by atoms with van der Waals surface area (Å²) in [4.78, 5) is 19.1. The third kappa shape index (κ3) is 10.3. The quantitative estimate of drug-likeness (QED) is 0.201. The van der Waals surface area contributed by atoms with Crippen molar-refractivity contribution in [2.75, 3.05) is 0 Å². The Labute approximate surface area is 219 Å². The van der Waals surface area contributed by atoms with Crippen molar-refractivity contribution in [3.8, 4) is 0 Å². The number of benzene rings is 2. The normalized spacial score (nSPS) is 15.3. The maximum atomic E-state index is 13.1. The zero-order valence-corrected chi connectivity index (χ0v) is 22.5. The Bertz CT molecular complexity index is 890. The first-order valence-corrected chi connectivity index (χ1v) is 14.5. The lowest BCUT2D eigenvalue weighted by Crippen LogP contribution is -2.18. The first-order valence-electron chi connectivity index (χ1n) is 14.5. The van der Waals surface area contributed by atoms with E-state index in [1.165, 1.54) is 81.8 Å². The summed E-state index contributed by atoms with van der Waals surface area (Å²) in [6, 6.07) is 20.8. The number of rotatable bonds is 19. The predicted octanol–water partition coefficient (Wildman–Crippen LogP) is 8.68. The molecular formula is C33H47NO2. The van der Waals surface area contributed by atoms with Crippen LogP contribution in [0.1, 0.15) is 108 Å².